The van der Waals surface area contributed by atoms with Crippen molar-refractivity contribution in [1.29, 1.82) is 5.26 Å². The molecule has 1 N–H and O–H groups in total. The van der Waals surface area contributed by atoms with Crippen LogP contribution in [0.1, 0.15) is 5.56 Å². The molecule has 0 fully saturated rings. The van der Waals surface area contributed by atoms with Crippen molar-refractivity contribution in [3.63, 3.8) is 0 Å². The topological polar surface area (TPSA) is 39.6 Å². The quantitative estimate of drug-likeness (QED) is 0.705. The number of nitrogens with one attached hydrogen (secondary N) is 1. The molecule has 0 radical (unpaired) electrons. The van der Waals surface area contributed by atoms with Crippen LogP contribution < -0.4 is 0 Å². The summed E-state index contributed by atoms with van der Waals surface area (Å²) >= 11 is 5.23. The van der Waals surface area contributed by atoms with Crippen LogP contribution in [0.15, 0.2) is 40.4 Å². The van der Waals surface area contributed by atoms with Gasteiger partial charge in [-0.1, -0.05) is 18.2 Å². The Morgan fingerprint density at radius 2 is 2.12 bits per heavy atom. The first-order valence-electron chi connectivity index (χ1n) is 5.04. The molecule has 0 aliphatic carbocycles. The summed E-state index contributed by atoms with van der Waals surface area (Å²) in [6, 6.07) is 8.36. The number of nitrogens with zero attached hydrogens (tertiary/aromatic N) is 1. The normalized spacial score (nSPS) is 10.6. The highest BCUT2D eigenvalue weighted by atomic mass is 79.9. The van der Waals surface area contributed by atoms with Crippen molar-refractivity contribution in [2.75, 3.05) is 0 Å². The maximum atomic E-state index is 9.07. The maximum absolute atomic E-state index is 9.07. The lowest BCUT2D eigenvalue weighted by Crippen LogP contribution is -1.78. The van der Waals surface area contributed by atoms with E-state index in [9.17, 15) is 0 Å². The van der Waals surface area contributed by atoms with E-state index in [-0.39, 0.29) is 0 Å². The molecule has 0 unspecified atom stereocenters. The number of hydrogen-bond acceptors (Lipinski definition) is 2. The summed E-state index contributed by atoms with van der Waals surface area (Å²) in [6.07, 6.45) is 3.61. The molecule has 3 rings (SSSR count). The molecule has 0 saturated heterocycles. The zero-order chi connectivity index (χ0) is 11.8. The van der Waals surface area contributed by atoms with Crippen molar-refractivity contribution >= 4 is 37.4 Å². The van der Waals surface area contributed by atoms with Crippen molar-refractivity contribution in [2.45, 2.75) is 0 Å². The third-order valence-corrected chi connectivity index (χ3v) is 4.70. The molecule has 2 heterocycles. The molecule has 2 aromatic heterocycles. The van der Waals surface area contributed by atoms with Crippen molar-refractivity contribution in [3.05, 3.63) is 46.0 Å². The third-order valence-electron chi connectivity index (χ3n) is 2.71. The predicted molar refractivity (Wildman–Crippen MR) is 74.0 cm³/mol. The number of aromatic nitrogens is 1. The Labute approximate surface area is 111 Å². The van der Waals surface area contributed by atoms with Crippen LogP contribution in [0, 0.1) is 11.3 Å². The fourth-order valence-corrected chi connectivity index (χ4v) is 3.62. The highest BCUT2D eigenvalue weighted by molar-refractivity contribution is 9.10. The number of rotatable bonds is 1. The first-order valence-corrected chi connectivity index (χ1v) is 6.71. The first-order chi connectivity index (χ1) is 8.31. The molecule has 0 aliphatic heterocycles. The van der Waals surface area contributed by atoms with Gasteiger partial charge in [-0.15, -0.1) is 11.3 Å². The summed E-state index contributed by atoms with van der Waals surface area (Å²) in [7, 11) is 0. The van der Waals surface area contributed by atoms with Gasteiger partial charge in [0.25, 0.3) is 0 Å². The minimum absolute atomic E-state index is 0.682. The lowest BCUT2D eigenvalue weighted by molar-refractivity contribution is 1.40. The molecule has 0 spiro atoms. The molecule has 0 atom stereocenters. The van der Waals surface area contributed by atoms with Crippen LogP contribution in [0.3, 0.4) is 0 Å². The van der Waals surface area contributed by atoms with Gasteiger partial charge in [-0.25, -0.2) is 0 Å². The smallest absolute Gasteiger partial charge is 0.101 e. The minimum Gasteiger partial charge on any atom is -0.366 e. The Morgan fingerprint density at radius 3 is 2.94 bits per heavy atom. The van der Waals surface area contributed by atoms with Gasteiger partial charge >= 0.3 is 0 Å². The molecular weight excluding hydrogens is 296 g/mol. The van der Waals surface area contributed by atoms with Crippen LogP contribution >= 0.6 is 27.3 Å². The molecule has 0 amide bonds. The van der Waals surface area contributed by atoms with Gasteiger partial charge in [-0.3, -0.25) is 0 Å². The Kier molecular flexibility index (Phi) is 2.50. The molecule has 0 bridgehead atoms. The second-order valence-electron chi connectivity index (χ2n) is 3.66. The third kappa shape index (κ3) is 1.59. The minimum atomic E-state index is 0.682. The fourth-order valence-electron chi connectivity index (χ4n) is 1.92. The van der Waals surface area contributed by atoms with Crippen LogP contribution in [0.25, 0.3) is 21.2 Å². The fraction of sp³-hybridized carbons (Fsp3) is 0. The highest BCUT2D eigenvalue weighted by Crippen LogP contribution is 2.38. The summed E-state index contributed by atoms with van der Waals surface area (Å²) in [4.78, 5) is 2.99. The Hall–Kier alpha value is -1.57. The number of hydrogen-bond donors (Lipinski definition) is 1. The van der Waals surface area contributed by atoms with E-state index in [0.717, 1.165) is 15.6 Å². The van der Waals surface area contributed by atoms with E-state index in [2.05, 4.69) is 44.5 Å². The van der Waals surface area contributed by atoms with Crippen LogP contribution in [0.5, 0.6) is 0 Å². The lowest BCUT2D eigenvalue weighted by Gasteiger charge is -2.01. The number of fused-ring (bicyclic) bond motifs is 1. The van der Waals surface area contributed by atoms with Crippen LogP contribution in [0.4, 0.5) is 0 Å². The van der Waals surface area contributed by atoms with Gasteiger partial charge in [0.1, 0.15) is 6.07 Å². The van der Waals surface area contributed by atoms with Crippen LogP contribution in [0.2, 0.25) is 0 Å². The van der Waals surface area contributed by atoms with E-state index in [4.69, 9.17) is 5.26 Å². The number of thiophene rings is 1. The SMILES string of the molecule is N#Cc1c[nH]cc1-c1cccc2c(Br)csc12. The Bertz CT molecular complexity index is 733. The summed E-state index contributed by atoms with van der Waals surface area (Å²) in [5.41, 5.74) is 2.76. The van der Waals surface area contributed by atoms with Gasteiger partial charge < -0.3 is 4.98 Å². The second kappa shape index (κ2) is 4.02. The zero-order valence-corrected chi connectivity index (χ0v) is 11.1. The molecule has 82 valence electrons. The number of halogens is 1. The molecule has 4 heteroatoms. The standard InChI is InChI=1S/C13H7BrN2S/c14-12-7-17-13-9(2-1-3-10(12)13)11-6-16-5-8(11)4-15/h1-3,5-7,16H. The van der Waals surface area contributed by atoms with E-state index < -0.39 is 0 Å². The largest absolute Gasteiger partial charge is 0.366 e. The summed E-state index contributed by atoms with van der Waals surface area (Å²) in [5, 5.41) is 12.3. The van der Waals surface area contributed by atoms with E-state index in [1.807, 2.05) is 12.3 Å². The Balaban J connectivity index is 2.35. The molecule has 1 aromatic carbocycles. The van der Waals surface area contributed by atoms with Gasteiger partial charge in [-0.2, -0.15) is 5.26 Å². The average Bonchev–Trinajstić information content (AvgIpc) is 2.96. The van der Waals surface area contributed by atoms with Gasteiger partial charge in [-0.05, 0) is 15.9 Å². The molecule has 3 aromatic rings. The van der Waals surface area contributed by atoms with Gasteiger partial charge in [0, 0.05) is 43.5 Å². The zero-order valence-electron chi connectivity index (χ0n) is 8.70. The summed E-state index contributed by atoms with van der Waals surface area (Å²) < 4.78 is 2.31. The summed E-state index contributed by atoms with van der Waals surface area (Å²) in [6.45, 7) is 0. The van der Waals surface area contributed by atoms with Gasteiger partial charge in [0.15, 0.2) is 0 Å². The van der Waals surface area contributed by atoms with Crippen LogP contribution in [-0.2, 0) is 0 Å². The lowest BCUT2D eigenvalue weighted by atomic mass is 10.0. The monoisotopic (exact) mass is 302 g/mol. The number of aromatic amines is 1. The second-order valence-corrected chi connectivity index (χ2v) is 5.39. The van der Waals surface area contributed by atoms with Crippen molar-refractivity contribution in [2.24, 2.45) is 0 Å². The first kappa shape index (κ1) is 10.6. The number of H-pyrrole nitrogens is 1. The van der Waals surface area contributed by atoms with E-state index in [0.29, 0.717) is 5.56 Å². The number of benzene rings is 1. The average molecular weight is 303 g/mol. The van der Waals surface area contributed by atoms with Crippen molar-refractivity contribution in [1.82, 2.24) is 4.98 Å². The molecule has 0 saturated carbocycles. The maximum Gasteiger partial charge on any atom is 0.101 e. The summed E-state index contributed by atoms with van der Waals surface area (Å²) in [5.74, 6) is 0. The van der Waals surface area contributed by atoms with Crippen molar-refractivity contribution in [3.8, 4) is 17.2 Å². The van der Waals surface area contributed by atoms with E-state index >= 15 is 0 Å². The van der Waals surface area contributed by atoms with Gasteiger partial charge in [0.2, 0.25) is 0 Å². The molecule has 2 nitrogen and oxygen atoms in total. The Morgan fingerprint density at radius 1 is 1.24 bits per heavy atom. The van der Waals surface area contributed by atoms with Crippen LogP contribution in [-0.4, -0.2) is 4.98 Å². The predicted octanol–water partition coefficient (Wildman–Crippen LogP) is 4.53. The highest BCUT2D eigenvalue weighted by Gasteiger charge is 2.11. The van der Waals surface area contributed by atoms with Gasteiger partial charge in [0.05, 0.1) is 5.56 Å². The number of nitriles is 1. The molecule has 17 heavy (non-hydrogen) atoms. The van der Waals surface area contributed by atoms with Crippen molar-refractivity contribution < 1.29 is 0 Å². The molecular formula is C13H7BrN2S. The van der Waals surface area contributed by atoms with E-state index in [1.54, 1.807) is 17.5 Å². The molecule has 0 aliphatic rings. The van der Waals surface area contributed by atoms with E-state index in [1.165, 1.54) is 10.1 Å².